The van der Waals surface area contributed by atoms with Crippen molar-refractivity contribution in [3.05, 3.63) is 65.2 Å². The Morgan fingerprint density at radius 2 is 1.74 bits per heavy atom. The zero-order valence-corrected chi connectivity index (χ0v) is 15.4. The van der Waals surface area contributed by atoms with Gasteiger partial charge in [-0.3, -0.25) is 14.4 Å². The molecule has 1 aliphatic rings. The molecular weight excluding hydrogens is 366 g/mol. The molecule has 6 nitrogen and oxygen atoms in total. The van der Waals surface area contributed by atoms with Crippen molar-refractivity contribution in [3.63, 3.8) is 0 Å². The number of amides is 3. The molecular formula is C20H20ClN3O3. The number of rotatable bonds is 6. The molecule has 7 heteroatoms. The number of hydrogen-bond donors (Lipinski definition) is 2. The molecule has 0 saturated carbocycles. The molecule has 0 aliphatic carbocycles. The highest BCUT2D eigenvalue weighted by molar-refractivity contribution is 6.31. The van der Waals surface area contributed by atoms with Crippen LogP contribution in [-0.4, -0.2) is 30.8 Å². The van der Waals surface area contributed by atoms with Gasteiger partial charge < -0.3 is 15.5 Å². The second kappa shape index (κ2) is 8.68. The first-order valence-corrected chi connectivity index (χ1v) is 9.05. The molecule has 1 aliphatic heterocycles. The topological polar surface area (TPSA) is 78.5 Å². The quantitative estimate of drug-likeness (QED) is 0.799. The Bertz CT molecular complexity index is 841. The number of nitrogens with one attached hydrogen (secondary N) is 2. The minimum absolute atomic E-state index is 0.0930. The summed E-state index contributed by atoms with van der Waals surface area (Å²) in [5.41, 5.74) is 1.58. The van der Waals surface area contributed by atoms with Crippen molar-refractivity contribution in [2.75, 3.05) is 18.0 Å². The van der Waals surface area contributed by atoms with Crippen LogP contribution in [0.3, 0.4) is 0 Å². The Morgan fingerprint density at radius 1 is 1.04 bits per heavy atom. The highest BCUT2D eigenvalue weighted by Crippen LogP contribution is 2.24. The average molecular weight is 386 g/mol. The van der Waals surface area contributed by atoms with E-state index in [1.54, 1.807) is 11.0 Å². The SMILES string of the molecule is O=C(CNC(=O)C1CC(=O)N(c2ccccc2)C1)NCc1ccccc1Cl. The van der Waals surface area contributed by atoms with Gasteiger partial charge in [-0.05, 0) is 23.8 Å². The lowest BCUT2D eigenvalue weighted by atomic mass is 10.1. The third kappa shape index (κ3) is 4.86. The summed E-state index contributed by atoms with van der Waals surface area (Å²) in [6.07, 6.45) is 0.141. The van der Waals surface area contributed by atoms with E-state index in [4.69, 9.17) is 11.6 Å². The summed E-state index contributed by atoms with van der Waals surface area (Å²) >= 11 is 6.04. The number of benzene rings is 2. The molecule has 1 fully saturated rings. The molecule has 27 heavy (non-hydrogen) atoms. The molecule has 0 bridgehead atoms. The van der Waals surface area contributed by atoms with E-state index >= 15 is 0 Å². The van der Waals surface area contributed by atoms with E-state index in [-0.39, 0.29) is 37.2 Å². The van der Waals surface area contributed by atoms with E-state index < -0.39 is 5.92 Å². The molecule has 0 aromatic heterocycles. The second-order valence-corrected chi connectivity index (χ2v) is 6.73. The number of para-hydroxylation sites is 1. The summed E-state index contributed by atoms with van der Waals surface area (Å²) in [5.74, 6) is -1.17. The molecule has 2 aromatic carbocycles. The molecule has 3 rings (SSSR count). The zero-order chi connectivity index (χ0) is 19.2. The fraction of sp³-hybridized carbons (Fsp3) is 0.250. The van der Waals surface area contributed by atoms with Crippen molar-refractivity contribution in [3.8, 4) is 0 Å². The van der Waals surface area contributed by atoms with E-state index in [1.807, 2.05) is 48.5 Å². The average Bonchev–Trinajstić information content (AvgIpc) is 3.08. The summed E-state index contributed by atoms with van der Waals surface area (Å²) < 4.78 is 0. The Kier molecular flexibility index (Phi) is 6.08. The molecule has 2 N–H and O–H groups in total. The van der Waals surface area contributed by atoms with E-state index in [1.165, 1.54) is 0 Å². The standard InChI is InChI=1S/C20H20ClN3O3/c21-17-9-5-4-6-14(17)11-22-18(25)12-23-20(27)15-10-19(26)24(13-15)16-7-2-1-3-8-16/h1-9,15H,10-13H2,(H,22,25)(H,23,27). The van der Waals surface area contributed by atoms with Crippen LogP contribution in [0.1, 0.15) is 12.0 Å². The number of halogens is 1. The molecule has 0 spiro atoms. The fourth-order valence-corrected chi connectivity index (χ4v) is 3.15. The van der Waals surface area contributed by atoms with Gasteiger partial charge in [-0.2, -0.15) is 0 Å². The predicted molar refractivity (Wildman–Crippen MR) is 103 cm³/mol. The first-order valence-electron chi connectivity index (χ1n) is 8.68. The van der Waals surface area contributed by atoms with Crippen LogP contribution in [0.5, 0.6) is 0 Å². The zero-order valence-electron chi connectivity index (χ0n) is 14.7. The molecule has 1 saturated heterocycles. The van der Waals surface area contributed by atoms with E-state index in [9.17, 15) is 14.4 Å². The van der Waals surface area contributed by atoms with Gasteiger partial charge in [0.15, 0.2) is 0 Å². The van der Waals surface area contributed by atoms with Crippen LogP contribution in [-0.2, 0) is 20.9 Å². The van der Waals surface area contributed by atoms with Gasteiger partial charge in [-0.25, -0.2) is 0 Å². The Morgan fingerprint density at radius 3 is 2.48 bits per heavy atom. The van der Waals surface area contributed by atoms with E-state index in [0.717, 1.165) is 11.3 Å². The summed E-state index contributed by atoms with van der Waals surface area (Å²) in [4.78, 5) is 38.0. The lowest BCUT2D eigenvalue weighted by Gasteiger charge is -2.16. The molecule has 1 unspecified atom stereocenters. The summed E-state index contributed by atoms with van der Waals surface area (Å²) in [5, 5.41) is 5.89. The summed E-state index contributed by atoms with van der Waals surface area (Å²) in [6.45, 7) is 0.466. The van der Waals surface area contributed by atoms with Gasteiger partial charge in [0.25, 0.3) is 0 Å². The van der Waals surface area contributed by atoms with Gasteiger partial charge in [0.05, 0.1) is 12.5 Å². The van der Waals surface area contributed by atoms with Gasteiger partial charge in [-0.15, -0.1) is 0 Å². The monoisotopic (exact) mass is 385 g/mol. The normalized spacial score (nSPS) is 16.3. The lowest BCUT2D eigenvalue weighted by Crippen LogP contribution is -2.40. The Labute approximate surface area is 162 Å². The smallest absolute Gasteiger partial charge is 0.239 e. The second-order valence-electron chi connectivity index (χ2n) is 6.33. The van der Waals surface area contributed by atoms with Gasteiger partial charge in [0.2, 0.25) is 17.7 Å². The van der Waals surface area contributed by atoms with Crippen molar-refractivity contribution in [1.82, 2.24) is 10.6 Å². The maximum atomic E-state index is 12.3. The molecule has 1 heterocycles. The first-order chi connectivity index (χ1) is 13.0. The van der Waals surface area contributed by atoms with Gasteiger partial charge in [0.1, 0.15) is 0 Å². The van der Waals surface area contributed by atoms with E-state index in [0.29, 0.717) is 11.6 Å². The van der Waals surface area contributed by atoms with Crippen LogP contribution in [0.25, 0.3) is 0 Å². The van der Waals surface area contributed by atoms with Crippen molar-refractivity contribution < 1.29 is 14.4 Å². The van der Waals surface area contributed by atoms with Gasteiger partial charge >= 0.3 is 0 Å². The third-order valence-corrected chi connectivity index (χ3v) is 4.79. The Hall–Kier alpha value is -2.86. The van der Waals surface area contributed by atoms with Crippen molar-refractivity contribution in [2.45, 2.75) is 13.0 Å². The van der Waals surface area contributed by atoms with Crippen LogP contribution in [0.4, 0.5) is 5.69 Å². The molecule has 3 amide bonds. The van der Waals surface area contributed by atoms with Crippen LogP contribution < -0.4 is 15.5 Å². The predicted octanol–water partition coefficient (Wildman–Crippen LogP) is 2.13. The van der Waals surface area contributed by atoms with Crippen LogP contribution >= 0.6 is 11.6 Å². The number of hydrogen-bond acceptors (Lipinski definition) is 3. The first kappa shape index (κ1) is 18.9. The van der Waals surface area contributed by atoms with Crippen LogP contribution in [0.15, 0.2) is 54.6 Å². The third-order valence-electron chi connectivity index (χ3n) is 4.42. The van der Waals surface area contributed by atoms with E-state index in [2.05, 4.69) is 10.6 Å². The van der Waals surface area contributed by atoms with Crippen molar-refractivity contribution in [1.29, 1.82) is 0 Å². The molecule has 1 atom stereocenters. The summed E-state index contributed by atoms with van der Waals surface area (Å²) in [6, 6.07) is 16.5. The highest BCUT2D eigenvalue weighted by atomic mass is 35.5. The fourth-order valence-electron chi connectivity index (χ4n) is 2.95. The van der Waals surface area contributed by atoms with Crippen LogP contribution in [0, 0.1) is 5.92 Å². The number of carbonyl (C=O) groups excluding carboxylic acids is 3. The van der Waals surface area contributed by atoms with Crippen molar-refractivity contribution in [2.24, 2.45) is 5.92 Å². The number of anilines is 1. The van der Waals surface area contributed by atoms with Gasteiger partial charge in [0, 0.05) is 30.2 Å². The number of carbonyl (C=O) groups is 3. The molecule has 2 aromatic rings. The minimum atomic E-state index is -0.464. The highest BCUT2D eigenvalue weighted by Gasteiger charge is 2.35. The van der Waals surface area contributed by atoms with Crippen LogP contribution in [0.2, 0.25) is 5.02 Å². The summed E-state index contributed by atoms with van der Waals surface area (Å²) in [7, 11) is 0. The maximum absolute atomic E-state index is 12.3. The Balaban J connectivity index is 1.46. The maximum Gasteiger partial charge on any atom is 0.239 e. The number of nitrogens with zero attached hydrogens (tertiary/aromatic N) is 1. The largest absolute Gasteiger partial charge is 0.350 e. The van der Waals surface area contributed by atoms with Crippen molar-refractivity contribution >= 4 is 35.0 Å². The lowest BCUT2D eigenvalue weighted by molar-refractivity contribution is -0.129. The molecule has 140 valence electrons. The molecule has 0 radical (unpaired) electrons. The van der Waals surface area contributed by atoms with Gasteiger partial charge in [-0.1, -0.05) is 48.0 Å². The minimum Gasteiger partial charge on any atom is -0.350 e.